The van der Waals surface area contributed by atoms with Crippen molar-refractivity contribution in [2.45, 2.75) is 36.2 Å². The maximum atomic E-state index is 13.0. The van der Waals surface area contributed by atoms with E-state index < -0.39 is 10.0 Å². The summed E-state index contributed by atoms with van der Waals surface area (Å²) in [7, 11) is -3.54. The average molecular weight is 303 g/mol. The minimum Gasteiger partial charge on any atom is -0.299 e. The standard InChI is InChI=1S/C16H17NO3S/c18-16-12-7-4-8-13(16)15-10-9-14(12)17(15)21(19,20)11-5-2-1-3-6-11/h1-3,5-6,9-10,12-15H,4,7-8H2/t12-,13+,14-,15+. The van der Waals surface area contributed by atoms with Crippen LogP contribution in [-0.4, -0.2) is 30.6 Å². The Morgan fingerprint density at radius 2 is 1.52 bits per heavy atom. The fraction of sp³-hybridized carbons (Fsp3) is 0.438. The highest BCUT2D eigenvalue weighted by Gasteiger charge is 2.55. The zero-order valence-electron chi connectivity index (χ0n) is 11.6. The monoisotopic (exact) mass is 303 g/mol. The predicted molar refractivity (Wildman–Crippen MR) is 78.0 cm³/mol. The van der Waals surface area contributed by atoms with E-state index in [1.807, 2.05) is 12.2 Å². The van der Waals surface area contributed by atoms with Gasteiger partial charge in [-0.3, -0.25) is 4.79 Å². The van der Waals surface area contributed by atoms with Crippen molar-refractivity contribution in [3.05, 3.63) is 42.5 Å². The van der Waals surface area contributed by atoms with Crippen molar-refractivity contribution in [1.82, 2.24) is 4.31 Å². The van der Waals surface area contributed by atoms with E-state index in [0.29, 0.717) is 4.90 Å². The minimum absolute atomic E-state index is 0.155. The number of nitrogens with zero attached hydrogens (tertiary/aromatic N) is 1. The van der Waals surface area contributed by atoms with Gasteiger partial charge in [0, 0.05) is 11.8 Å². The summed E-state index contributed by atoms with van der Waals surface area (Å²) in [5, 5.41) is 0. The quantitative estimate of drug-likeness (QED) is 0.785. The van der Waals surface area contributed by atoms with Crippen LogP contribution in [0.1, 0.15) is 19.3 Å². The van der Waals surface area contributed by atoms with Crippen molar-refractivity contribution in [2.75, 3.05) is 0 Å². The maximum Gasteiger partial charge on any atom is 0.244 e. The van der Waals surface area contributed by atoms with Crippen molar-refractivity contribution in [3.8, 4) is 0 Å². The maximum absolute atomic E-state index is 13.0. The molecule has 0 aromatic heterocycles. The number of hydrogen-bond donors (Lipinski definition) is 0. The third-order valence-electron chi connectivity index (χ3n) is 5.00. The zero-order valence-corrected chi connectivity index (χ0v) is 12.4. The van der Waals surface area contributed by atoms with E-state index in [2.05, 4.69) is 0 Å². The molecule has 1 saturated heterocycles. The average Bonchev–Trinajstić information content (AvgIpc) is 2.90. The molecule has 4 bridgehead atoms. The molecule has 3 aliphatic rings. The van der Waals surface area contributed by atoms with Crippen LogP contribution < -0.4 is 0 Å². The molecule has 0 amide bonds. The van der Waals surface area contributed by atoms with E-state index in [1.165, 1.54) is 0 Å². The third-order valence-corrected chi connectivity index (χ3v) is 6.91. The molecule has 1 aliphatic carbocycles. The number of hydrogen-bond acceptors (Lipinski definition) is 3. The van der Waals surface area contributed by atoms with Crippen LogP contribution in [0, 0.1) is 11.8 Å². The molecule has 0 N–H and O–H groups in total. The molecule has 2 fully saturated rings. The number of fused-ring (bicyclic) bond motifs is 6. The normalized spacial score (nSPS) is 35.1. The van der Waals surface area contributed by atoms with Crippen molar-refractivity contribution in [3.63, 3.8) is 0 Å². The first kappa shape index (κ1) is 13.2. The van der Waals surface area contributed by atoms with Crippen molar-refractivity contribution in [2.24, 2.45) is 11.8 Å². The molecule has 0 spiro atoms. The molecular formula is C16H17NO3S. The molecule has 0 radical (unpaired) electrons. The van der Waals surface area contributed by atoms with Gasteiger partial charge in [0.2, 0.25) is 10.0 Å². The van der Waals surface area contributed by atoms with E-state index in [-0.39, 0.29) is 29.7 Å². The molecule has 110 valence electrons. The number of piperidine rings is 1. The Hall–Kier alpha value is -1.46. The summed E-state index contributed by atoms with van der Waals surface area (Å²) in [4.78, 5) is 12.7. The number of rotatable bonds is 2. The zero-order chi connectivity index (χ0) is 14.6. The number of ketones is 1. The Morgan fingerprint density at radius 3 is 2.10 bits per heavy atom. The molecule has 4 rings (SSSR count). The number of sulfonamides is 1. The van der Waals surface area contributed by atoms with E-state index in [4.69, 9.17) is 0 Å². The van der Waals surface area contributed by atoms with Crippen LogP contribution in [0.4, 0.5) is 0 Å². The van der Waals surface area contributed by atoms with Crippen LogP contribution in [0.5, 0.6) is 0 Å². The summed E-state index contributed by atoms with van der Waals surface area (Å²) in [6, 6.07) is 7.95. The van der Waals surface area contributed by atoms with E-state index >= 15 is 0 Å². The van der Waals surface area contributed by atoms with Gasteiger partial charge in [-0.1, -0.05) is 36.8 Å². The SMILES string of the molecule is O=C1[C@H]2CCC[C@@H]1[C@H]1C=C[C@@H]2N1S(=O)(=O)c1ccccc1. The number of carbonyl (C=O) groups is 1. The summed E-state index contributed by atoms with van der Waals surface area (Å²) in [6.07, 6.45) is 6.49. The first-order chi connectivity index (χ1) is 10.1. The fourth-order valence-electron chi connectivity index (χ4n) is 4.05. The third kappa shape index (κ3) is 1.77. The Kier molecular flexibility index (Phi) is 2.84. The number of carbonyl (C=O) groups excluding carboxylic acids is 1. The Morgan fingerprint density at radius 1 is 0.952 bits per heavy atom. The Balaban J connectivity index is 1.79. The van der Waals surface area contributed by atoms with Crippen LogP contribution in [-0.2, 0) is 14.8 Å². The topological polar surface area (TPSA) is 54.5 Å². The molecule has 5 heteroatoms. The number of Topliss-reactive ketones (excluding diaryl/α,β-unsaturated/α-hetero) is 1. The molecule has 2 heterocycles. The van der Waals surface area contributed by atoms with Crippen LogP contribution in [0.15, 0.2) is 47.4 Å². The second kappa shape index (κ2) is 4.52. The van der Waals surface area contributed by atoms with E-state index in [1.54, 1.807) is 34.6 Å². The lowest BCUT2D eigenvalue weighted by Gasteiger charge is -2.45. The van der Waals surface area contributed by atoms with Gasteiger partial charge in [0.05, 0.1) is 17.0 Å². The summed E-state index contributed by atoms with van der Waals surface area (Å²) in [5.41, 5.74) is 0. The van der Waals surface area contributed by atoms with Crippen LogP contribution in [0.25, 0.3) is 0 Å². The Labute approximate surface area is 124 Å². The lowest BCUT2D eigenvalue weighted by atomic mass is 9.72. The van der Waals surface area contributed by atoms with Crippen molar-refractivity contribution in [1.29, 1.82) is 0 Å². The highest BCUT2D eigenvalue weighted by Crippen LogP contribution is 2.45. The summed E-state index contributed by atoms with van der Waals surface area (Å²) in [6.45, 7) is 0. The van der Waals surface area contributed by atoms with Gasteiger partial charge in [0.1, 0.15) is 5.78 Å². The molecule has 1 aromatic carbocycles. The first-order valence-corrected chi connectivity index (χ1v) is 8.85. The van der Waals surface area contributed by atoms with Crippen molar-refractivity contribution < 1.29 is 13.2 Å². The van der Waals surface area contributed by atoms with Crippen molar-refractivity contribution >= 4 is 15.8 Å². The van der Waals surface area contributed by atoms with Gasteiger partial charge in [-0.15, -0.1) is 0 Å². The van der Waals surface area contributed by atoms with Crippen LogP contribution >= 0.6 is 0 Å². The lowest BCUT2D eigenvalue weighted by Crippen LogP contribution is -2.58. The van der Waals surface area contributed by atoms with Gasteiger partial charge in [-0.2, -0.15) is 4.31 Å². The molecular weight excluding hydrogens is 286 g/mol. The van der Waals surface area contributed by atoms with Crippen LogP contribution in [0.2, 0.25) is 0 Å². The predicted octanol–water partition coefficient (Wildman–Crippen LogP) is 1.98. The second-order valence-corrected chi connectivity index (χ2v) is 7.90. The van der Waals surface area contributed by atoms with Crippen LogP contribution in [0.3, 0.4) is 0 Å². The van der Waals surface area contributed by atoms with Gasteiger partial charge < -0.3 is 0 Å². The number of benzene rings is 1. The summed E-state index contributed by atoms with van der Waals surface area (Å²) in [5.74, 6) is -0.0461. The molecule has 0 unspecified atom stereocenters. The smallest absolute Gasteiger partial charge is 0.244 e. The molecule has 4 nitrogen and oxygen atoms in total. The van der Waals surface area contributed by atoms with E-state index in [9.17, 15) is 13.2 Å². The highest BCUT2D eigenvalue weighted by molar-refractivity contribution is 7.89. The highest BCUT2D eigenvalue weighted by atomic mass is 32.2. The molecule has 2 aliphatic heterocycles. The van der Waals surface area contributed by atoms with Gasteiger partial charge in [-0.25, -0.2) is 8.42 Å². The largest absolute Gasteiger partial charge is 0.299 e. The molecule has 21 heavy (non-hydrogen) atoms. The second-order valence-electron chi connectivity index (χ2n) is 6.06. The Bertz CT molecular complexity index is 686. The fourth-order valence-corrected chi connectivity index (χ4v) is 5.87. The molecule has 1 aromatic rings. The van der Waals surface area contributed by atoms with Gasteiger partial charge in [0.15, 0.2) is 0 Å². The van der Waals surface area contributed by atoms with Gasteiger partial charge in [0.25, 0.3) is 0 Å². The molecule has 4 atom stereocenters. The van der Waals surface area contributed by atoms with Gasteiger partial charge in [-0.05, 0) is 25.0 Å². The summed E-state index contributed by atoms with van der Waals surface area (Å²) < 4.78 is 27.5. The van der Waals surface area contributed by atoms with Gasteiger partial charge >= 0.3 is 0 Å². The first-order valence-electron chi connectivity index (χ1n) is 7.41. The lowest BCUT2D eigenvalue weighted by molar-refractivity contribution is -0.135. The minimum atomic E-state index is -3.54. The van der Waals surface area contributed by atoms with E-state index in [0.717, 1.165) is 19.3 Å². The molecule has 1 saturated carbocycles. The summed E-state index contributed by atoms with van der Waals surface area (Å²) >= 11 is 0.